The smallest absolute Gasteiger partial charge is 0.410 e. The summed E-state index contributed by atoms with van der Waals surface area (Å²) in [5.41, 5.74) is -0.0635. The first-order chi connectivity index (χ1) is 22.6. The number of likely N-dealkylation sites (tertiary alicyclic amines) is 2. The lowest BCUT2D eigenvalue weighted by Gasteiger charge is -2.63. The summed E-state index contributed by atoms with van der Waals surface area (Å²) in [6.45, 7) is 15.6. The van der Waals surface area contributed by atoms with E-state index in [4.69, 9.17) is 14.2 Å². The molecule has 2 amide bonds. The van der Waals surface area contributed by atoms with Crippen LogP contribution in [0.2, 0.25) is 0 Å². The Labute approximate surface area is 285 Å². The van der Waals surface area contributed by atoms with Gasteiger partial charge in [-0.2, -0.15) is 0 Å². The van der Waals surface area contributed by atoms with Gasteiger partial charge in [-0.15, -0.1) is 0 Å². The number of hydrogen-bond acceptors (Lipinski definition) is 7. The largest absolute Gasteiger partial charge is 0.481 e. The van der Waals surface area contributed by atoms with E-state index in [-0.39, 0.29) is 88.6 Å². The van der Waals surface area contributed by atoms with Crippen LogP contribution in [0, 0.1) is 56.7 Å². The average molecular weight is 671 g/mol. The van der Waals surface area contributed by atoms with Crippen molar-refractivity contribution in [3.05, 3.63) is 0 Å². The highest BCUT2D eigenvalue weighted by Crippen LogP contribution is 2.89. The average Bonchev–Trinajstić information content (AvgIpc) is 3.60. The highest BCUT2D eigenvalue weighted by Gasteiger charge is 2.84. The van der Waals surface area contributed by atoms with Gasteiger partial charge in [-0.3, -0.25) is 4.79 Å². The van der Waals surface area contributed by atoms with E-state index >= 15 is 0 Å². The first kappa shape index (κ1) is 33.1. The molecular formula is C38H58N2O8. The normalized spacial score (nSPS) is 47.6. The topological polar surface area (TPSA) is 126 Å². The minimum atomic E-state index is -0.854. The number of nitrogens with zero attached hydrogens (tertiary/aromatic N) is 2. The van der Waals surface area contributed by atoms with E-state index in [1.165, 1.54) is 17.7 Å². The van der Waals surface area contributed by atoms with E-state index in [0.717, 1.165) is 64.5 Å². The molecule has 0 aromatic carbocycles. The first-order valence-electron chi connectivity index (χ1n) is 19.1. The van der Waals surface area contributed by atoms with Gasteiger partial charge >= 0.3 is 18.2 Å². The summed E-state index contributed by atoms with van der Waals surface area (Å²) in [6, 6.07) is 0. The van der Waals surface area contributed by atoms with E-state index in [0.29, 0.717) is 11.8 Å². The number of carboxylic acids is 1. The van der Waals surface area contributed by atoms with Crippen LogP contribution < -0.4 is 0 Å². The Bertz CT molecular complexity index is 1360. The molecule has 10 heteroatoms. The first-order valence-corrected chi connectivity index (χ1v) is 19.1. The highest BCUT2D eigenvalue weighted by molar-refractivity contribution is 5.76. The number of aliphatic hydroxyl groups is 1. The predicted octanol–water partition coefficient (Wildman–Crippen LogP) is 5.94. The number of amides is 2. The number of carbonyl (C=O) groups excluding carboxylic acids is 2. The molecule has 0 aromatic heterocycles. The number of fused-ring (bicyclic) bond motifs is 4. The lowest BCUT2D eigenvalue weighted by molar-refractivity contribution is -0.185. The Morgan fingerprint density at radius 2 is 1.54 bits per heavy atom. The second-order valence-corrected chi connectivity index (χ2v) is 18.7. The molecule has 5 aliphatic carbocycles. The number of hydrogen-bond donors (Lipinski definition) is 2. The number of carboxylic acid groups (broad SMARTS) is 1. The van der Waals surface area contributed by atoms with E-state index < -0.39 is 18.0 Å². The molecule has 0 bridgehead atoms. The zero-order valence-corrected chi connectivity index (χ0v) is 29.9. The van der Waals surface area contributed by atoms with Crippen LogP contribution in [0.3, 0.4) is 0 Å². The van der Waals surface area contributed by atoms with Gasteiger partial charge in [0.2, 0.25) is 0 Å². The molecule has 0 radical (unpaired) electrons. The van der Waals surface area contributed by atoms with Crippen LogP contribution >= 0.6 is 0 Å². The third kappa shape index (κ3) is 4.19. The van der Waals surface area contributed by atoms with Gasteiger partial charge in [0.15, 0.2) is 0 Å². The Morgan fingerprint density at radius 1 is 0.854 bits per heavy atom. The summed E-state index contributed by atoms with van der Waals surface area (Å²) in [5.74, 6) is -0.0800. The number of aliphatic carboxylic acids is 1. The SMILES string of the molecule is CC(C)[C@@H](OC(=O)N1CCC1)C1CC[C@H]2C(O1)[C@H](O)[C@@]1(C)C3CCC4C(C)(C)[C@@H](OC(=O)N5CC(C(=O)O)C5)CC[C@@]45C[C@@]35CC[C@]21C. The molecule has 8 rings (SSSR count). The fourth-order valence-corrected chi connectivity index (χ4v) is 13.5. The van der Waals surface area contributed by atoms with Crippen molar-refractivity contribution >= 4 is 18.2 Å². The van der Waals surface area contributed by atoms with Gasteiger partial charge in [-0.1, -0.05) is 41.5 Å². The summed E-state index contributed by atoms with van der Waals surface area (Å²) >= 11 is 0. The van der Waals surface area contributed by atoms with E-state index in [1.807, 2.05) is 0 Å². The van der Waals surface area contributed by atoms with Crippen molar-refractivity contribution in [2.24, 2.45) is 56.7 Å². The molecule has 8 fully saturated rings. The quantitative estimate of drug-likeness (QED) is 0.368. The molecule has 3 saturated heterocycles. The number of aliphatic hydroxyl groups excluding tert-OH is 1. The van der Waals surface area contributed by atoms with Crippen molar-refractivity contribution in [2.45, 2.75) is 136 Å². The molecule has 48 heavy (non-hydrogen) atoms. The van der Waals surface area contributed by atoms with Gasteiger partial charge in [0.05, 0.1) is 24.2 Å². The molecule has 3 heterocycles. The lowest BCUT2D eigenvalue weighted by Crippen LogP contribution is -2.60. The Kier molecular flexibility index (Phi) is 7.39. The molecule has 2 spiro atoms. The predicted molar refractivity (Wildman–Crippen MR) is 176 cm³/mol. The van der Waals surface area contributed by atoms with Crippen molar-refractivity contribution < 1.29 is 38.8 Å². The molecule has 268 valence electrons. The van der Waals surface area contributed by atoms with E-state index in [2.05, 4.69) is 41.5 Å². The fraction of sp³-hybridized carbons (Fsp3) is 0.921. The van der Waals surface area contributed by atoms with Gasteiger partial charge < -0.3 is 34.2 Å². The summed E-state index contributed by atoms with van der Waals surface area (Å²) in [7, 11) is 0. The Balaban J connectivity index is 0.994. The van der Waals surface area contributed by atoms with Gasteiger partial charge in [-0.05, 0) is 104 Å². The fourth-order valence-electron chi connectivity index (χ4n) is 13.5. The zero-order valence-electron chi connectivity index (χ0n) is 29.9. The van der Waals surface area contributed by atoms with Gasteiger partial charge in [-0.25, -0.2) is 9.59 Å². The molecule has 3 aliphatic heterocycles. The van der Waals surface area contributed by atoms with E-state index in [1.54, 1.807) is 4.90 Å². The van der Waals surface area contributed by atoms with Crippen LogP contribution in [0.1, 0.15) is 106 Å². The van der Waals surface area contributed by atoms with Crippen LogP contribution in [-0.4, -0.2) is 94.9 Å². The van der Waals surface area contributed by atoms with Gasteiger partial charge in [0.1, 0.15) is 12.2 Å². The summed E-state index contributed by atoms with van der Waals surface area (Å²) in [5, 5.41) is 21.8. The van der Waals surface area contributed by atoms with E-state index in [9.17, 15) is 24.6 Å². The Morgan fingerprint density at radius 3 is 2.19 bits per heavy atom. The second-order valence-electron chi connectivity index (χ2n) is 18.7. The van der Waals surface area contributed by atoms with Crippen molar-refractivity contribution in [2.75, 3.05) is 26.2 Å². The van der Waals surface area contributed by atoms with Gasteiger partial charge in [0.25, 0.3) is 0 Å². The maximum absolute atomic E-state index is 13.0. The van der Waals surface area contributed by atoms with Crippen LogP contribution in [0.15, 0.2) is 0 Å². The van der Waals surface area contributed by atoms with Crippen LogP contribution in [0.5, 0.6) is 0 Å². The van der Waals surface area contributed by atoms with Crippen LogP contribution in [-0.2, 0) is 19.0 Å². The minimum Gasteiger partial charge on any atom is -0.481 e. The summed E-state index contributed by atoms with van der Waals surface area (Å²) in [6.07, 6.45) is 8.21. The molecular weight excluding hydrogens is 612 g/mol. The minimum absolute atomic E-state index is 0.0243. The number of rotatable bonds is 5. The van der Waals surface area contributed by atoms with Crippen molar-refractivity contribution in [3.8, 4) is 0 Å². The number of carbonyl (C=O) groups is 3. The van der Waals surface area contributed by atoms with Crippen LogP contribution in [0.25, 0.3) is 0 Å². The third-order valence-electron chi connectivity index (χ3n) is 16.5. The van der Waals surface area contributed by atoms with Crippen molar-refractivity contribution in [3.63, 3.8) is 0 Å². The summed E-state index contributed by atoms with van der Waals surface area (Å²) in [4.78, 5) is 40.5. The van der Waals surface area contributed by atoms with Crippen LogP contribution in [0.4, 0.5) is 9.59 Å². The van der Waals surface area contributed by atoms with Crippen molar-refractivity contribution in [1.29, 1.82) is 0 Å². The highest BCUT2D eigenvalue weighted by atomic mass is 16.6. The molecule has 5 saturated carbocycles. The molecule has 12 atom stereocenters. The summed E-state index contributed by atoms with van der Waals surface area (Å²) < 4.78 is 19.2. The molecule has 0 aromatic rings. The molecule has 10 nitrogen and oxygen atoms in total. The maximum Gasteiger partial charge on any atom is 0.410 e. The number of ether oxygens (including phenoxy) is 3. The van der Waals surface area contributed by atoms with Gasteiger partial charge in [0, 0.05) is 37.0 Å². The molecule has 8 aliphatic rings. The monoisotopic (exact) mass is 670 g/mol. The zero-order chi connectivity index (χ0) is 34.2. The molecule has 4 unspecified atom stereocenters. The second kappa shape index (κ2) is 10.7. The third-order valence-corrected chi connectivity index (χ3v) is 16.5. The standard InChI is InChI=1S/C38H58N2O8/c1-21(2)28(48-32(44)39-16-7-17-39)24-9-8-23-29(46-24)30(41)36(6)26-11-10-25-34(3,4)27(47-33(45)40-18-22(19-40)31(42)43)12-13-37(25)20-38(26,37)15-14-35(23,36)5/h21-30,41H,7-20H2,1-6H3,(H,42,43)/t23-,24?,25?,26?,27-,28+,29?,30-,35+,36+,37+,38-/m0/s1. The van der Waals surface area contributed by atoms with Crippen molar-refractivity contribution in [1.82, 2.24) is 9.80 Å². The molecule has 2 N–H and O–H groups in total. The maximum atomic E-state index is 13.0. The lowest BCUT2D eigenvalue weighted by atomic mass is 9.41. The Hall–Kier alpha value is -2.07.